The van der Waals surface area contributed by atoms with Gasteiger partial charge in [-0.15, -0.1) is 11.3 Å². The molecule has 0 atom stereocenters. The van der Waals surface area contributed by atoms with Crippen LogP contribution in [0.25, 0.3) is 148 Å². The van der Waals surface area contributed by atoms with Crippen molar-refractivity contribution in [1.29, 1.82) is 0 Å². The van der Waals surface area contributed by atoms with Crippen LogP contribution in [-0.2, 0) is 0 Å². The Hall–Kier alpha value is -9.23. The second-order valence-corrected chi connectivity index (χ2v) is 19.4. The lowest BCUT2D eigenvalue weighted by molar-refractivity contribution is 0.668. The third kappa shape index (κ3) is 6.35. The molecule has 0 radical (unpaired) electrons. The molecule has 0 aliphatic rings. The van der Waals surface area contributed by atoms with Crippen LogP contribution in [0.2, 0.25) is 0 Å². The number of hydrogen-bond donors (Lipinski definition) is 0. The van der Waals surface area contributed by atoms with Crippen molar-refractivity contribution in [2.24, 2.45) is 0 Å². The van der Waals surface area contributed by atoms with E-state index in [0.717, 1.165) is 83.0 Å². The Morgan fingerprint density at radius 3 is 1.52 bits per heavy atom. The van der Waals surface area contributed by atoms with Gasteiger partial charge in [0.05, 0.1) is 16.7 Å². The molecule has 0 unspecified atom stereocenters. The second kappa shape index (κ2) is 15.7. The van der Waals surface area contributed by atoms with Crippen molar-refractivity contribution in [3.05, 3.63) is 231 Å². The first-order valence-electron chi connectivity index (χ1n) is 23.9. The summed E-state index contributed by atoms with van der Waals surface area (Å²) in [4.78, 5) is 16.1. The van der Waals surface area contributed by atoms with Crippen LogP contribution in [0, 0.1) is 0 Å². The van der Waals surface area contributed by atoms with Crippen LogP contribution in [-0.4, -0.2) is 19.5 Å². The molecule has 0 aliphatic carbocycles. The minimum atomic E-state index is 0.577. The van der Waals surface area contributed by atoms with E-state index in [1.165, 1.54) is 47.1 Å². The van der Waals surface area contributed by atoms with Crippen LogP contribution in [0.1, 0.15) is 0 Å². The predicted molar refractivity (Wildman–Crippen MR) is 297 cm³/mol. The molecule has 15 rings (SSSR count). The van der Waals surface area contributed by atoms with Crippen LogP contribution in [0.4, 0.5) is 0 Å². The van der Waals surface area contributed by atoms with Crippen molar-refractivity contribution in [3.8, 4) is 62.1 Å². The third-order valence-corrected chi connectivity index (χ3v) is 15.3. The van der Waals surface area contributed by atoms with E-state index >= 15 is 0 Å². The third-order valence-electron chi connectivity index (χ3n) is 14.2. The maximum atomic E-state index is 7.01. The first-order valence-corrected chi connectivity index (χ1v) is 24.7. The van der Waals surface area contributed by atoms with E-state index in [0.29, 0.717) is 17.5 Å². The van der Waals surface area contributed by atoms with Gasteiger partial charge in [0.2, 0.25) is 0 Å². The van der Waals surface area contributed by atoms with Crippen LogP contribution >= 0.6 is 11.3 Å². The molecule has 4 aromatic heterocycles. The molecule has 71 heavy (non-hydrogen) atoms. The summed E-state index contributed by atoms with van der Waals surface area (Å²) in [5, 5.41) is 11.5. The van der Waals surface area contributed by atoms with Crippen molar-refractivity contribution in [2.45, 2.75) is 0 Å². The number of hydrogen-bond acceptors (Lipinski definition) is 5. The highest BCUT2D eigenvalue weighted by Gasteiger charge is 2.24. The van der Waals surface area contributed by atoms with Gasteiger partial charge >= 0.3 is 0 Å². The maximum absolute atomic E-state index is 7.01. The van der Waals surface area contributed by atoms with Crippen molar-refractivity contribution in [1.82, 2.24) is 19.5 Å². The van der Waals surface area contributed by atoms with E-state index in [1.54, 1.807) is 11.3 Å². The molecule has 6 heteroatoms. The fourth-order valence-corrected chi connectivity index (χ4v) is 12.0. The van der Waals surface area contributed by atoms with E-state index in [4.69, 9.17) is 19.4 Å². The van der Waals surface area contributed by atoms with Gasteiger partial charge in [0.15, 0.2) is 17.5 Å². The Balaban J connectivity index is 0.993. The average Bonchev–Trinajstić information content (AvgIpc) is 4.10. The van der Waals surface area contributed by atoms with Gasteiger partial charge in [-0.05, 0) is 86.8 Å². The predicted octanol–water partition coefficient (Wildman–Crippen LogP) is 17.9. The Labute approximate surface area is 411 Å². The van der Waals surface area contributed by atoms with E-state index in [1.807, 2.05) is 12.1 Å². The molecule has 0 bridgehead atoms. The van der Waals surface area contributed by atoms with Crippen molar-refractivity contribution < 1.29 is 4.42 Å². The summed E-state index contributed by atoms with van der Waals surface area (Å²) in [5.41, 5.74) is 12.1. The van der Waals surface area contributed by atoms with Gasteiger partial charge in [0.25, 0.3) is 0 Å². The molecule has 0 saturated heterocycles. The summed E-state index contributed by atoms with van der Waals surface area (Å²) in [7, 11) is 0. The number of fused-ring (bicyclic) bond motifs is 11. The summed E-state index contributed by atoms with van der Waals surface area (Å²) in [5.74, 6) is 1.80. The van der Waals surface area contributed by atoms with E-state index < -0.39 is 0 Å². The summed E-state index contributed by atoms with van der Waals surface area (Å²) >= 11 is 1.79. The minimum absolute atomic E-state index is 0.577. The van der Waals surface area contributed by atoms with Crippen LogP contribution < -0.4 is 0 Å². The number of nitrogens with zero attached hydrogens (tertiary/aromatic N) is 4. The first-order chi connectivity index (χ1) is 35.2. The van der Waals surface area contributed by atoms with E-state index in [9.17, 15) is 0 Å². The Kier molecular flexibility index (Phi) is 8.76. The molecular weight excluding hydrogens is 885 g/mol. The zero-order valence-corrected chi connectivity index (χ0v) is 38.9. The van der Waals surface area contributed by atoms with Gasteiger partial charge in [-0.25, -0.2) is 15.0 Å². The molecule has 0 aliphatic heterocycles. The molecule has 15 aromatic rings. The quantitative estimate of drug-likeness (QED) is 0.167. The monoisotopic (exact) mass is 922 g/mol. The van der Waals surface area contributed by atoms with Crippen LogP contribution in [0.5, 0.6) is 0 Å². The number of rotatable bonds is 6. The van der Waals surface area contributed by atoms with Crippen molar-refractivity contribution in [2.75, 3.05) is 0 Å². The number of benzene rings is 11. The lowest BCUT2D eigenvalue weighted by Crippen LogP contribution is -2.01. The summed E-state index contributed by atoms with van der Waals surface area (Å²) in [6, 6.07) is 82.2. The highest BCUT2D eigenvalue weighted by atomic mass is 32.1. The summed E-state index contributed by atoms with van der Waals surface area (Å²) in [6.45, 7) is 0. The number of aromatic nitrogens is 4. The van der Waals surface area contributed by atoms with Gasteiger partial charge in [0, 0.05) is 70.0 Å². The molecule has 0 N–H and O–H groups in total. The molecule has 4 heterocycles. The van der Waals surface area contributed by atoms with E-state index in [-0.39, 0.29) is 0 Å². The molecule has 330 valence electrons. The lowest BCUT2D eigenvalue weighted by Gasteiger charge is -2.15. The maximum Gasteiger partial charge on any atom is 0.164 e. The smallest absolute Gasteiger partial charge is 0.164 e. The van der Waals surface area contributed by atoms with E-state index in [2.05, 4.69) is 223 Å². The highest BCUT2D eigenvalue weighted by molar-refractivity contribution is 7.25. The topological polar surface area (TPSA) is 56.7 Å². The molecule has 0 saturated carbocycles. The molecule has 0 fully saturated rings. The number of furan rings is 1. The Morgan fingerprint density at radius 1 is 0.324 bits per heavy atom. The van der Waals surface area contributed by atoms with Gasteiger partial charge in [0.1, 0.15) is 11.2 Å². The Bertz CT molecular complexity index is 4530. The fraction of sp³-hybridized carbons (Fsp3) is 0. The van der Waals surface area contributed by atoms with Crippen LogP contribution in [0.3, 0.4) is 0 Å². The molecule has 0 amide bonds. The second-order valence-electron chi connectivity index (χ2n) is 18.3. The zero-order valence-electron chi connectivity index (χ0n) is 38.0. The molecule has 0 spiro atoms. The summed E-state index contributed by atoms with van der Waals surface area (Å²) in [6.07, 6.45) is 0. The standard InChI is InChI=1S/C65H38N4OS/c1-3-15-39(16-4-1)40-29-31-42(32-30-40)63-66-64(68-65(67-63)49-25-14-28-60-62(49)47-23-11-12-27-59(47)71-60)48-24-13-26-57-61(48)53-37-50(41-17-5-2-6-18-41)56(38-58(53)70-57)69-54-35-45-21-9-7-19-43(45)33-51(54)52-34-44-20-8-10-22-46(44)36-55(52)69/h1-38H. The number of thiophene rings is 1. The molecular formula is C65H38N4OS. The van der Waals surface area contributed by atoms with Gasteiger partial charge in [-0.1, -0.05) is 176 Å². The normalized spacial score (nSPS) is 11.9. The van der Waals surface area contributed by atoms with Crippen molar-refractivity contribution >= 4 is 96.8 Å². The fourth-order valence-electron chi connectivity index (χ4n) is 10.9. The van der Waals surface area contributed by atoms with Gasteiger partial charge < -0.3 is 8.98 Å². The largest absolute Gasteiger partial charge is 0.456 e. The van der Waals surface area contributed by atoms with Gasteiger partial charge in [-0.3, -0.25) is 0 Å². The highest BCUT2D eigenvalue weighted by Crippen LogP contribution is 2.45. The lowest BCUT2D eigenvalue weighted by atomic mass is 9.98. The van der Waals surface area contributed by atoms with Crippen LogP contribution in [0.15, 0.2) is 235 Å². The SMILES string of the molecule is c1ccc(-c2ccc(-c3nc(-c4cccc5oc6cc(-n7c8cc9ccccc9cc8c8cc9ccccc9cc87)c(-c7ccccc7)cc6c45)nc(-c4cccc5sc6ccccc6c45)n3)cc2)cc1. The minimum Gasteiger partial charge on any atom is -0.456 e. The molecule has 5 nitrogen and oxygen atoms in total. The average molecular weight is 923 g/mol. The van der Waals surface area contributed by atoms with Crippen molar-refractivity contribution in [3.63, 3.8) is 0 Å². The first kappa shape index (κ1) is 39.7. The molecule has 11 aromatic carbocycles. The zero-order chi connectivity index (χ0) is 46.6. The Morgan fingerprint density at radius 2 is 0.845 bits per heavy atom. The van der Waals surface area contributed by atoms with Gasteiger partial charge in [-0.2, -0.15) is 0 Å². The summed E-state index contributed by atoms with van der Waals surface area (Å²) < 4.78 is 11.9.